The predicted octanol–water partition coefficient (Wildman–Crippen LogP) is 1.65. The van der Waals surface area contributed by atoms with Crippen molar-refractivity contribution in [1.82, 2.24) is 9.21 Å². The summed E-state index contributed by atoms with van der Waals surface area (Å²) in [6, 6.07) is 3.93. The second-order valence-electron chi connectivity index (χ2n) is 7.79. The van der Waals surface area contributed by atoms with Gasteiger partial charge in [0.1, 0.15) is 11.3 Å². The van der Waals surface area contributed by atoms with Gasteiger partial charge in [-0.15, -0.1) is 0 Å². The third-order valence-corrected chi connectivity index (χ3v) is 5.93. The van der Waals surface area contributed by atoms with Gasteiger partial charge in [0.15, 0.2) is 0 Å². The summed E-state index contributed by atoms with van der Waals surface area (Å²) in [6.45, 7) is 3.50. The van der Waals surface area contributed by atoms with Crippen LogP contribution in [0.1, 0.15) is 28.8 Å². The number of morpholine rings is 1. The van der Waals surface area contributed by atoms with Gasteiger partial charge in [-0.2, -0.15) is 13.2 Å². The first-order valence-electron chi connectivity index (χ1n) is 10.4. The Bertz CT molecular complexity index is 874. The van der Waals surface area contributed by atoms with Crippen molar-refractivity contribution in [3.63, 3.8) is 0 Å². The molecule has 0 amide bonds. The second-order valence-corrected chi connectivity index (χ2v) is 8.74. The van der Waals surface area contributed by atoms with Gasteiger partial charge < -0.3 is 18.8 Å². The maximum atomic E-state index is 12.4. The molecule has 1 aliphatic heterocycles. The number of carbonyl (C=O) groups excluding carboxylic acids is 2. The van der Waals surface area contributed by atoms with E-state index >= 15 is 0 Å². The number of benzene rings is 1. The summed E-state index contributed by atoms with van der Waals surface area (Å²) in [6.07, 6.45) is -3.46. The van der Waals surface area contributed by atoms with Crippen LogP contribution in [0.3, 0.4) is 0 Å². The summed E-state index contributed by atoms with van der Waals surface area (Å²) < 4.78 is 76.7. The topological polar surface area (TPSA) is 108 Å². The number of esters is 2. The van der Waals surface area contributed by atoms with Crippen LogP contribution in [0, 0.1) is 5.92 Å². The molecule has 3 rings (SSSR count). The largest absolute Gasteiger partial charge is 0.760 e. The van der Waals surface area contributed by atoms with Gasteiger partial charge >= 0.3 is 18.1 Å². The summed E-state index contributed by atoms with van der Waals surface area (Å²) in [5, 5.41) is 0. The fourth-order valence-electron chi connectivity index (χ4n) is 3.13. The van der Waals surface area contributed by atoms with Crippen molar-refractivity contribution < 1.29 is 45.7 Å². The van der Waals surface area contributed by atoms with Crippen LogP contribution in [0.5, 0.6) is 5.75 Å². The lowest BCUT2D eigenvalue weighted by Crippen LogP contribution is -2.41. The minimum absolute atomic E-state index is 0.0307. The van der Waals surface area contributed by atoms with Gasteiger partial charge in [0.05, 0.1) is 19.8 Å². The lowest BCUT2D eigenvalue weighted by atomic mass is 10.1. The molecule has 2 fully saturated rings. The van der Waals surface area contributed by atoms with E-state index in [4.69, 9.17) is 9.47 Å². The minimum atomic E-state index is -5.32. The van der Waals surface area contributed by atoms with E-state index in [1.807, 2.05) is 0 Å². The molecule has 1 atom stereocenters. The number of rotatable bonds is 10. The lowest BCUT2D eigenvalue weighted by molar-refractivity contribution is -0.193. The van der Waals surface area contributed by atoms with Crippen molar-refractivity contribution in [3.8, 4) is 5.75 Å². The highest BCUT2D eigenvalue weighted by molar-refractivity contribution is 7.76. The predicted molar refractivity (Wildman–Crippen MR) is 108 cm³/mol. The number of halogens is 3. The third-order valence-electron chi connectivity index (χ3n) is 5.19. The monoisotopic (exact) mass is 493 g/mol. The number of ether oxygens (including phenoxy) is 3. The molecule has 1 saturated carbocycles. The van der Waals surface area contributed by atoms with Crippen molar-refractivity contribution in [3.05, 3.63) is 29.3 Å². The van der Waals surface area contributed by atoms with E-state index in [0.717, 1.165) is 18.9 Å². The van der Waals surface area contributed by atoms with Crippen LogP contribution in [0.15, 0.2) is 18.2 Å². The molecule has 0 N–H and O–H groups in total. The highest BCUT2D eigenvalue weighted by atomic mass is 32.2. The maximum Gasteiger partial charge on any atom is 0.491 e. The Labute approximate surface area is 191 Å². The number of carbonyl (C=O) groups is 2. The van der Waals surface area contributed by atoms with Gasteiger partial charge in [0.2, 0.25) is 0 Å². The fraction of sp³-hybridized carbons (Fsp3) is 0.600. The van der Waals surface area contributed by atoms with Crippen LogP contribution in [0.4, 0.5) is 13.2 Å². The second kappa shape index (κ2) is 11.4. The highest BCUT2D eigenvalue weighted by Gasteiger charge is 2.43. The first-order valence-corrected chi connectivity index (χ1v) is 11.4. The molecule has 1 aromatic rings. The van der Waals surface area contributed by atoms with E-state index in [1.165, 1.54) is 16.4 Å². The van der Waals surface area contributed by atoms with Crippen LogP contribution in [-0.2, 0) is 32.1 Å². The zero-order valence-corrected chi connectivity index (χ0v) is 18.5. The summed E-state index contributed by atoms with van der Waals surface area (Å²) in [7, 11) is 0. The van der Waals surface area contributed by atoms with Crippen LogP contribution in [-0.4, -0.2) is 82.1 Å². The molecule has 0 aromatic heterocycles. The zero-order chi connectivity index (χ0) is 24.0. The minimum Gasteiger partial charge on any atom is -0.760 e. The van der Waals surface area contributed by atoms with Crippen LogP contribution >= 0.6 is 0 Å². The molecule has 33 heavy (non-hydrogen) atoms. The molecule has 13 heteroatoms. The molecular weight excluding hydrogens is 469 g/mol. The molecule has 0 spiro atoms. The number of hydrogen-bond acceptors (Lipinski definition) is 8. The van der Waals surface area contributed by atoms with Gasteiger partial charge in [-0.25, -0.2) is 13.9 Å². The number of hydrogen-bond donors (Lipinski definition) is 0. The van der Waals surface area contributed by atoms with Crippen molar-refractivity contribution in [2.75, 3.05) is 46.0 Å². The number of alkyl halides is 3. The first kappa shape index (κ1) is 25.6. The van der Waals surface area contributed by atoms with E-state index < -0.39 is 29.4 Å². The van der Waals surface area contributed by atoms with E-state index in [9.17, 15) is 31.5 Å². The van der Waals surface area contributed by atoms with Crippen molar-refractivity contribution >= 4 is 23.2 Å². The van der Waals surface area contributed by atoms with E-state index in [-0.39, 0.29) is 36.9 Å². The van der Waals surface area contributed by atoms with Gasteiger partial charge in [-0.1, -0.05) is 6.07 Å². The van der Waals surface area contributed by atoms with Crippen molar-refractivity contribution in [2.45, 2.75) is 25.6 Å². The van der Waals surface area contributed by atoms with Crippen molar-refractivity contribution in [1.29, 1.82) is 0 Å². The normalized spacial score (nSPS) is 18.2. The molecular formula is C20H24F3N2O7S-. The molecule has 9 nitrogen and oxygen atoms in total. The average Bonchev–Trinajstić information content (AvgIpc) is 3.59. The summed E-state index contributed by atoms with van der Waals surface area (Å²) in [4.78, 5) is 25.3. The third kappa shape index (κ3) is 8.03. The average molecular weight is 493 g/mol. The van der Waals surface area contributed by atoms with Crippen LogP contribution in [0.25, 0.3) is 0 Å². The highest BCUT2D eigenvalue weighted by Crippen LogP contribution is 2.31. The molecule has 184 valence electrons. The summed E-state index contributed by atoms with van der Waals surface area (Å²) in [5.74, 6) is -3.91. The Hall–Kier alpha value is -2.06. The summed E-state index contributed by atoms with van der Waals surface area (Å²) in [5.41, 5.74) is 0.116. The fourth-order valence-corrected chi connectivity index (χ4v) is 3.62. The Morgan fingerprint density at radius 2 is 1.94 bits per heavy atom. The zero-order valence-electron chi connectivity index (χ0n) is 17.7. The maximum absolute atomic E-state index is 12.4. The van der Waals surface area contributed by atoms with Crippen LogP contribution < -0.4 is 4.74 Å². The molecule has 1 unspecified atom stereocenters. The molecule has 1 aromatic carbocycles. The smallest absolute Gasteiger partial charge is 0.491 e. The van der Waals surface area contributed by atoms with Crippen molar-refractivity contribution in [2.24, 2.45) is 5.92 Å². The summed E-state index contributed by atoms with van der Waals surface area (Å²) >= 11 is -2.52. The Morgan fingerprint density at radius 3 is 2.55 bits per heavy atom. The quantitative estimate of drug-likeness (QED) is 0.275. The van der Waals surface area contributed by atoms with Crippen LogP contribution in [0.2, 0.25) is 0 Å². The SMILES string of the molecule is O=C(OC(=O)C(F)(F)F)c1ccc(CN(CCN2CCOCC2)S(=O)[O-])cc1OCC1CC1. The number of nitrogens with zero attached hydrogens (tertiary/aromatic N) is 2. The molecule has 0 bridgehead atoms. The lowest BCUT2D eigenvalue weighted by Gasteiger charge is -2.30. The Morgan fingerprint density at radius 1 is 1.24 bits per heavy atom. The Kier molecular flexibility index (Phi) is 8.82. The van der Waals surface area contributed by atoms with E-state index in [1.54, 1.807) is 0 Å². The standard InChI is InChI=1S/C20H25F3N2O7S/c21-20(22,23)19(27)32-18(26)16-4-3-15(11-17(16)31-13-14-1-2-14)12-25(33(28)29)6-5-24-7-9-30-10-8-24/h3-4,11,14H,1-2,5-10,12-13H2,(H,28,29)/p-1. The van der Waals surface area contributed by atoms with E-state index in [0.29, 0.717) is 38.4 Å². The van der Waals surface area contributed by atoms with Gasteiger partial charge in [0.25, 0.3) is 0 Å². The molecule has 1 heterocycles. The van der Waals surface area contributed by atoms with Gasteiger partial charge in [-0.05, 0) is 36.5 Å². The Balaban J connectivity index is 1.71. The van der Waals surface area contributed by atoms with E-state index in [2.05, 4.69) is 9.64 Å². The molecule has 0 radical (unpaired) electrons. The molecule has 2 aliphatic rings. The van der Waals surface area contributed by atoms with Gasteiger partial charge in [0, 0.05) is 44.0 Å². The first-order chi connectivity index (χ1) is 15.6. The molecule has 1 saturated heterocycles. The molecule has 1 aliphatic carbocycles. The van der Waals surface area contributed by atoms with Gasteiger partial charge in [-0.3, -0.25) is 9.11 Å².